The maximum atomic E-state index is 9.11. The first kappa shape index (κ1) is 15.4. The number of fused-ring (bicyclic) bond motifs is 1. The molecular formula is C17H17ClN2OS. The predicted octanol–water partition coefficient (Wildman–Crippen LogP) is 4.36. The van der Waals surface area contributed by atoms with E-state index in [4.69, 9.17) is 21.7 Å². The monoisotopic (exact) mass is 332 g/mol. The van der Waals surface area contributed by atoms with Crippen LogP contribution in [0.2, 0.25) is 5.02 Å². The minimum absolute atomic E-state index is 0.191. The van der Waals surface area contributed by atoms with E-state index >= 15 is 0 Å². The summed E-state index contributed by atoms with van der Waals surface area (Å²) in [5, 5.41) is 9.86. The van der Waals surface area contributed by atoms with E-state index in [1.807, 2.05) is 42.5 Å². The number of imidazole rings is 1. The normalized spacial score (nSPS) is 11.2. The van der Waals surface area contributed by atoms with E-state index in [1.54, 1.807) is 11.8 Å². The fraction of sp³-hybridized carbons (Fsp3) is 0.235. The molecule has 0 unspecified atom stereocenters. The fourth-order valence-corrected chi connectivity index (χ4v) is 3.36. The van der Waals surface area contributed by atoms with Crippen molar-refractivity contribution >= 4 is 34.4 Å². The van der Waals surface area contributed by atoms with Crippen LogP contribution in [0.4, 0.5) is 0 Å². The summed E-state index contributed by atoms with van der Waals surface area (Å²) in [5.74, 6) is 1.83. The Labute approximate surface area is 138 Å². The van der Waals surface area contributed by atoms with Crippen molar-refractivity contribution in [1.82, 2.24) is 9.55 Å². The zero-order valence-corrected chi connectivity index (χ0v) is 13.6. The Bertz CT molecular complexity index is 755. The topological polar surface area (TPSA) is 38.0 Å². The molecule has 0 bridgehead atoms. The van der Waals surface area contributed by atoms with E-state index < -0.39 is 0 Å². The maximum Gasteiger partial charge on any atom is 0.120 e. The molecule has 2 aromatic carbocycles. The third kappa shape index (κ3) is 3.46. The van der Waals surface area contributed by atoms with Crippen LogP contribution in [-0.2, 0) is 12.3 Å². The summed E-state index contributed by atoms with van der Waals surface area (Å²) in [5.41, 5.74) is 2.13. The van der Waals surface area contributed by atoms with E-state index in [9.17, 15) is 0 Å². The Hall–Kier alpha value is -1.49. The average molecular weight is 333 g/mol. The fourth-order valence-electron chi connectivity index (χ4n) is 2.39. The highest BCUT2D eigenvalue weighted by atomic mass is 35.5. The maximum absolute atomic E-state index is 9.11. The molecule has 0 fully saturated rings. The van der Waals surface area contributed by atoms with Gasteiger partial charge in [0.2, 0.25) is 0 Å². The summed E-state index contributed by atoms with van der Waals surface area (Å²) in [6.07, 6.45) is 0.735. The van der Waals surface area contributed by atoms with Crippen molar-refractivity contribution in [2.45, 2.75) is 23.6 Å². The van der Waals surface area contributed by atoms with Gasteiger partial charge in [-0.25, -0.2) is 4.98 Å². The highest BCUT2D eigenvalue weighted by molar-refractivity contribution is 7.98. The van der Waals surface area contributed by atoms with Crippen molar-refractivity contribution in [3.8, 4) is 0 Å². The summed E-state index contributed by atoms with van der Waals surface area (Å²) < 4.78 is 2.20. The summed E-state index contributed by atoms with van der Waals surface area (Å²) in [4.78, 5) is 5.90. The number of aryl methyl sites for hydroxylation is 1. The molecule has 3 rings (SSSR count). The van der Waals surface area contributed by atoms with Crippen LogP contribution in [0, 0.1) is 0 Å². The molecule has 0 aliphatic carbocycles. The molecule has 114 valence electrons. The molecule has 0 spiro atoms. The number of halogens is 1. The lowest BCUT2D eigenvalue weighted by atomic mass is 10.3. The lowest BCUT2D eigenvalue weighted by molar-refractivity contribution is 0.280. The van der Waals surface area contributed by atoms with Gasteiger partial charge in [0.25, 0.3) is 0 Å². The van der Waals surface area contributed by atoms with Crippen molar-refractivity contribution in [3.63, 3.8) is 0 Å². The van der Waals surface area contributed by atoms with Crippen molar-refractivity contribution in [3.05, 3.63) is 59.4 Å². The molecule has 0 aliphatic heterocycles. The van der Waals surface area contributed by atoms with Crippen molar-refractivity contribution in [2.75, 3.05) is 6.61 Å². The van der Waals surface area contributed by atoms with Gasteiger partial charge in [-0.15, -0.1) is 11.8 Å². The van der Waals surface area contributed by atoms with Crippen LogP contribution >= 0.6 is 23.4 Å². The Morgan fingerprint density at radius 2 is 1.86 bits per heavy atom. The van der Waals surface area contributed by atoms with Gasteiger partial charge in [0.15, 0.2) is 0 Å². The van der Waals surface area contributed by atoms with Gasteiger partial charge in [0.1, 0.15) is 5.82 Å². The molecule has 1 aromatic heterocycles. The van der Waals surface area contributed by atoms with Crippen LogP contribution in [-0.4, -0.2) is 21.3 Å². The largest absolute Gasteiger partial charge is 0.396 e. The molecule has 0 amide bonds. The van der Waals surface area contributed by atoms with Gasteiger partial charge < -0.3 is 9.67 Å². The molecular weight excluding hydrogens is 316 g/mol. The van der Waals surface area contributed by atoms with Crippen LogP contribution in [0.1, 0.15) is 12.2 Å². The molecule has 0 atom stereocenters. The molecule has 3 nitrogen and oxygen atoms in total. The van der Waals surface area contributed by atoms with Gasteiger partial charge in [0.05, 0.1) is 16.8 Å². The number of aromatic nitrogens is 2. The van der Waals surface area contributed by atoms with Crippen molar-refractivity contribution < 1.29 is 5.11 Å². The van der Waals surface area contributed by atoms with Gasteiger partial charge in [-0.1, -0.05) is 23.7 Å². The minimum Gasteiger partial charge on any atom is -0.396 e. The van der Waals surface area contributed by atoms with Crippen molar-refractivity contribution in [1.29, 1.82) is 0 Å². The summed E-state index contributed by atoms with van der Waals surface area (Å²) in [6.45, 7) is 0.976. The van der Waals surface area contributed by atoms with Crippen LogP contribution in [0.25, 0.3) is 11.0 Å². The number of hydrogen-bond donors (Lipinski definition) is 1. The standard InChI is InChI=1S/C17H17ClN2OS/c18-13-6-8-14(9-7-13)22-12-17-19-15-4-1-2-5-16(15)20(17)10-3-11-21/h1-2,4-9,21H,3,10-12H2. The van der Waals surface area contributed by atoms with Crippen LogP contribution in [0.5, 0.6) is 0 Å². The van der Waals surface area contributed by atoms with E-state index in [2.05, 4.69) is 10.6 Å². The first-order valence-electron chi connectivity index (χ1n) is 7.21. The Morgan fingerprint density at radius 3 is 2.64 bits per heavy atom. The van der Waals surface area contributed by atoms with Gasteiger partial charge in [0, 0.05) is 23.1 Å². The molecule has 0 saturated heterocycles. The zero-order chi connectivity index (χ0) is 15.4. The average Bonchev–Trinajstić information content (AvgIpc) is 2.90. The number of para-hydroxylation sites is 2. The summed E-state index contributed by atoms with van der Waals surface area (Å²) in [7, 11) is 0. The van der Waals surface area contributed by atoms with E-state index in [-0.39, 0.29) is 6.61 Å². The molecule has 3 aromatic rings. The third-order valence-corrected chi connectivity index (χ3v) is 4.72. The second-order valence-corrected chi connectivity index (χ2v) is 6.47. The highest BCUT2D eigenvalue weighted by Gasteiger charge is 2.10. The molecule has 0 radical (unpaired) electrons. The lowest BCUT2D eigenvalue weighted by Crippen LogP contribution is -2.04. The number of hydrogen-bond acceptors (Lipinski definition) is 3. The van der Waals surface area contributed by atoms with Crippen LogP contribution < -0.4 is 0 Å². The molecule has 0 aliphatic rings. The van der Waals surface area contributed by atoms with E-state index in [0.29, 0.717) is 0 Å². The minimum atomic E-state index is 0.191. The van der Waals surface area contributed by atoms with Gasteiger partial charge in [-0.2, -0.15) is 0 Å². The number of aliphatic hydroxyl groups is 1. The predicted molar refractivity (Wildman–Crippen MR) is 92.4 cm³/mol. The van der Waals surface area contributed by atoms with Crippen LogP contribution in [0.15, 0.2) is 53.4 Å². The summed E-state index contributed by atoms with van der Waals surface area (Å²) in [6, 6.07) is 16.0. The number of rotatable bonds is 6. The Kier molecular flexibility index (Phi) is 5.03. The zero-order valence-electron chi connectivity index (χ0n) is 12.1. The number of benzene rings is 2. The van der Waals surface area contributed by atoms with E-state index in [0.717, 1.165) is 40.6 Å². The third-order valence-electron chi connectivity index (χ3n) is 3.46. The smallest absolute Gasteiger partial charge is 0.120 e. The van der Waals surface area contributed by atoms with Crippen molar-refractivity contribution in [2.24, 2.45) is 0 Å². The number of aliphatic hydroxyl groups excluding tert-OH is 1. The molecule has 5 heteroatoms. The Morgan fingerprint density at radius 1 is 1.09 bits per heavy atom. The number of nitrogens with zero attached hydrogens (tertiary/aromatic N) is 2. The van der Waals surface area contributed by atoms with E-state index in [1.165, 1.54) is 4.90 Å². The summed E-state index contributed by atoms with van der Waals surface area (Å²) >= 11 is 7.66. The molecule has 1 N–H and O–H groups in total. The van der Waals surface area contributed by atoms with Gasteiger partial charge >= 0.3 is 0 Å². The van der Waals surface area contributed by atoms with Gasteiger partial charge in [-0.3, -0.25) is 0 Å². The first-order chi connectivity index (χ1) is 10.8. The second-order valence-electron chi connectivity index (χ2n) is 4.99. The molecule has 0 saturated carbocycles. The Balaban J connectivity index is 1.83. The molecule has 1 heterocycles. The van der Waals surface area contributed by atoms with Gasteiger partial charge in [-0.05, 0) is 42.8 Å². The number of thioether (sulfide) groups is 1. The lowest BCUT2D eigenvalue weighted by Gasteiger charge is -2.08. The molecule has 22 heavy (non-hydrogen) atoms. The first-order valence-corrected chi connectivity index (χ1v) is 8.57. The van der Waals surface area contributed by atoms with Crippen LogP contribution in [0.3, 0.4) is 0 Å². The second kappa shape index (κ2) is 7.18. The SMILES string of the molecule is OCCCn1c(CSc2ccc(Cl)cc2)nc2ccccc21. The highest BCUT2D eigenvalue weighted by Crippen LogP contribution is 2.26. The quantitative estimate of drug-likeness (QED) is 0.681.